The summed E-state index contributed by atoms with van der Waals surface area (Å²) >= 11 is 1.69. The Bertz CT molecular complexity index is 846. The molecule has 27 heavy (non-hydrogen) atoms. The molecule has 1 aromatic carbocycles. The van der Waals surface area contributed by atoms with Gasteiger partial charge in [0, 0.05) is 44.9 Å². The molecule has 0 unspecified atom stereocenters. The Morgan fingerprint density at radius 2 is 2.11 bits per heavy atom. The van der Waals surface area contributed by atoms with Crippen LogP contribution in [0.1, 0.15) is 37.1 Å². The van der Waals surface area contributed by atoms with Crippen molar-refractivity contribution < 1.29 is 9.59 Å². The van der Waals surface area contributed by atoms with E-state index in [1.165, 1.54) is 11.1 Å². The Morgan fingerprint density at radius 3 is 3.00 bits per heavy atom. The third-order valence-electron chi connectivity index (χ3n) is 6.42. The standard InChI is InChI=1S/C21H25N3O2S/c25-20(9-8-19-22-16-4-1-2-6-18(16)27-19)23-11-14-10-15(13-23)17-5-3-7-21(26)24(17)12-14/h1-2,4,6,14-15,17H,3,5,7-13H2/t14-,15-,17-/m1/s1. The number of carbonyl (C=O) groups excluding carboxylic acids is 2. The molecule has 2 amide bonds. The molecular formula is C21H25N3O2S. The molecule has 3 atom stereocenters. The van der Waals surface area contributed by atoms with Crippen LogP contribution in [-0.4, -0.2) is 52.3 Å². The average molecular weight is 384 g/mol. The molecule has 4 heterocycles. The fourth-order valence-corrected chi connectivity index (χ4v) is 6.18. The van der Waals surface area contributed by atoms with Gasteiger partial charge >= 0.3 is 0 Å². The molecule has 142 valence electrons. The van der Waals surface area contributed by atoms with Crippen molar-refractivity contribution in [2.45, 2.75) is 44.6 Å². The van der Waals surface area contributed by atoms with Crippen molar-refractivity contribution in [1.82, 2.24) is 14.8 Å². The first kappa shape index (κ1) is 17.2. The van der Waals surface area contributed by atoms with Crippen molar-refractivity contribution in [3.05, 3.63) is 29.3 Å². The number of hydrogen-bond acceptors (Lipinski definition) is 4. The average Bonchev–Trinajstić information content (AvgIpc) is 3.10. The zero-order valence-corrected chi connectivity index (χ0v) is 16.3. The zero-order chi connectivity index (χ0) is 18.4. The highest BCUT2D eigenvalue weighted by Crippen LogP contribution is 2.38. The lowest BCUT2D eigenvalue weighted by Crippen LogP contribution is -2.61. The number of aryl methyl sites for hydroxylation is 1. The van der Waals surface area contributed by atoms with E-state index in [0.717, 1.165) is 49.4 Å². The number of rotatable bonds is 3. The normalized spacial score (nSPS) is 27.7. The number of aromatic nitrogens is 1. The summed E-state index contributed by atoms with van der Waals surface area (Å²) in [4.78, 5) is 34.0. The Labute approximate surface area is 163 Å². The molecule has 0 aliphatic carbocycles. The highest BCUT2D eigenvalue weighted by atomic mass is 32.1. The SMILES string of the molecule is O=C(CCc1nc2ccccc2s1)N1C[C@H]2C[C@H](C1)[C@H]1CCCC(=O)N1C2. The molecule has 0 spiro atoms. The molecule has 5 rings (SSSR count). The maximum Gasteiger partial charge on any atom is 0.223 e. The van der Waals surface area contributed by atoms with Crippen LogP contribution in [0.5, 0.6) is 0 Å². The highest BCUT2D eigenvalue weighted by molar-refractivity contribution is 7.18. The van der Waals surface area contributed by atoms with E-state index in [4.69, 9.17) is 0 Å². The summed E-state index contributed by atoms with van der Waals surface area (Å²) in [7, 11) is 0. The Morgan fingerprint density at radius 1 is 1.22 bits per heavy atom. The van der Waals surface area contributed by atoms with Crippen LogP contribution in [0.25, 0.3) is 10.2 Å². The molecule has 2 aromatic rings. The van der Waals surface area contributed by atoms with Crippen molar-refractivity contribution in [3.8, 4) is 0 Å². The Kier molecular flexibility index (Phi) is 4.38. The number of piperidine rings is 3. The summed E-state index contributed by atoms with van der Waals surface area (Å²) in [5, 5.41) is 1.05. The molecular weight excluding hydrogens is 358 g/mol. The van der Waals surface area contributed by atoms with E-state index < -0.39 is 0 Å². The molecule has 3 aliphatic rings. The van der Waals surface area contributed by atoms with Crippen molar-refractivity contribution in [2.24, 2.45) is 11.8 Å². The van der Waals surface area contributed by atoms with Gasteiger partial charge in [0.25, 0.3) is 0 Å². The minimum atomic E-state index is 0.250. The lowest BCUT2D eigenvalue weighted by molar-refractivity contribution is -0.148. The molecule has 0 saturated carbocycles. The fraction of sp³-hybridized carbons (Fsp3) is 0.571. The Hall–Kier alpha value is -1.95. The van der Waals surface area contributed by atoms with Gasteiger partial charge in [0.15, 0.2) is 0 Å². The summed E-state index contributed by atoms with van der Waals surface area (Å²) < 4.78 is 1.19. The van der Waals surface area contributed by atoms with Crippen molar-refractivity contribution in [1.29, 1.82) is 0 Å². The van der Waals surface area contributed by atoms with E-state index in [2.05, 4.69) is 20.9 Å². The van der Waals surface area contributed by atoms with Crippen molar-refractivity contribution in [3.63, 3.8) is 0 Å². The number of nitrogens with zero attached hydrogens (tertiary/aromatic N) is 3. The van der Waals surface area contributed by atoms with Gasteiger partial charge in [-0.3, -0.25) is 9.59 Å². The zero-order valence-electron chi connectivity index (χ0n) is 15.5. The van der Waals surface area contributed by atoms with Gasteiger partial charge in [0.2, 0.25) is 11.8 Å². The van der Waals surface area contributed by atoms with Crippen LogP contribution in [-0.2, 0) is 16.0 Å². The monoisotopic (exact) mass is 383 g/mol. The van der Waals surface area contributed by atoms with E-state index in [-0.39, 0.29) is 5.91 Å². The second kappa shape index (κ2) is 6.89. The molecule has 3 aliphatic heterocycles. The third-order valence-corrected chi connectivity index (χ3v) is 7.52. The number of fused-ring (bicyclic) bond motifs is 5. The largest absolute Gasteiger partial charge is 0.342 e. The molecule has 6 heteroatoms. The van der Waals surface area contributed by atoms with Gasteiger partial charge in [0.05, 0.1) is 15.2 Å². The van der Waals surface area contributed by atoms with Crippen LogP contribution in [0.2, 0.25) is 0 Å². The van der Waals surface area contributed by atoms with Crippen LogP contribution in [0.4, 0.5) is 0 Å². The minimum absolute atomic E-state index is 0.250. The summed E-state index contributed by atoms with van der Waals surface area (Å²) in [5.74, 6) is 1.50. The first-order valence-corrected chi connectivity index (χ1v) is 10.9. The van der Waals surface area contributed by atoms with Gasteiger partial charge < -0.3 is 9.80 Å². The van der Waals surface area contributed by atoms with Crippen LogP contribution in [0, 0.1) is 11.8 Å². The summed E-state index contributed by atoms with van der Waals surface area (Å²) in [6.07, 6.45) is 5.26. The summed E-state index contributed by atoms with van der Waals surface area (Å²) in [6.45, 7) is 2.48. The van der Waals surface area contributed by atoms with Crippen LogP contribution in [0.3, 0.4) is 0 Å². The van der Waals surface area contributed by atoms with Crippen LogP contribution < -0.4 is 0 Å². The second-order valence-corrected chi connectivity index (χ2v) is 9.36. The summed E-state index contributed by atoms with van der Waals surface area (Å²) in [5.41, 5.74) is 1.03. The summed E-state index contributed by atoms with van der Waals surface area (Å²) in [6, 6.07) is 8.51. The molecule has 3 fully saturated rings. The maximum atomic E-state index is 12.9. The second-order valence-electron chi connectivity index (χ2n) is 8.24. The van der Waals surface area contributed by atoms with Crippen molar-refractivity contribution in [2.75, 3.05) is 19.6 Å². The van der Waals surface area contributed by atoms with E-state index >= 15 is 0 Å². The van der Waals surface area contributed by atoms with Gasteiger partial charge in [-0.2, -0.15) is 0 Å². The number of carbonyl (C=O) groups is 2. The molecule has 2 bridgehead atoms. The maximum absolute atomic E-state index is 12.9. The van der Waals surface area contributed by atoms with E-state index in [9.17, 15) is 9.59 Å². The number of amides is 2. The molecule has 3 saturated heterocycles. The predicted octanol–water partition coefficient (Wildman–Crippen LogP) is 3.09. The quantitative estimate of drug-likeness (QED) is 0.818. The number of thiazole rings is 1. The number of benzene rings is 1. The first-order chi connectivity index (χ1) is 13.2. The molecule has 0 N–H and O–H groups in total. The van der Waals surface area contributed by atoms with E-state index in [1.54, 1.807) is 11.3 Å². The highest BCUT2D eigenvalue weighted by Gasteiger charge is 2.44. The van der Waals surface area contributed by atoms with E-state index in [1.807, 2.05) is 18.2 Å². The van der Waals surface area contributed by atoms with Crippen molar-refractivity contribution >= 4 is 33.4 Å². The minimum Gasteiger partial charge on any atom is -0.342 e. The van der Waals surface area contributed by atoms with Crippen LogP contribution >= 0.6 is 11.3 Å². The first-order valence-electron chi connectivity index (χ1n) is 10.1. The molecule has 0 radical (unpaired) electrons. The lowest BCUT2D eigenvalue weighted by atomic mass is 9.76. The lowest BCUT2D eigenvalue weighted by Gasteiger charge is -2.52. The van der Waals surface area contributed by atoms with Crippen LogP contribution in [0.15, 0.2) is 24.3 Å². The smallest absolute Gasteiger partial charge is 0.223 e. The van der Waals surface area contributed by atoms with Gasteiger partial charge in [-0.15, -0.1) is 11.3 Å². The third kappa shape index (κ3) is 3.24. The van der Waals surface area contributed by atoms with E-state index in [0.29, 0.717) is 36.6 Å². The molecule has 5 nitrogen and oxygen atoms in total. The van der Waals surface area contributed by atoms with Gasteiger partial charge in [-0.1, -0.05) is 12.1 Å². The predicted molar refractivity (Wildman–Crippen MR) is 105 cm³/mol. The van der Waals surface area contributed by atoms with Gasteiger partial charge in [-0.05, 0) is 43.2 Å². The Balaban J connectivity index is 1.23. The molecule has 1 aromatic heterocycles. The topological polar surface area (TPSA) is 53.5 Å². The number of likely N-dealkylation sites (tertiary alicyclic amines) is 1. The fourth-order valence-electron chi connectivity index (χ4n) is 5.21. The van der Waals surface area contributed by atoms with Gasteiger partial charge in [0.1, 0.15) is 0 Å². The van der Waals surface area contributed by atoms with Gasteiger partial charge in [-0.25, -0.2) is 4.98 Å². The number of para-hydroxylation sites is 1. The number of hydrogen-bond donors (Lipinski definition) is 0.